The SMILES string of the molecule is CC(C)(C)[C@H](O)[C@H](N)c1cc(Br)c(O)c(Br)c1.Cl. The monoisotopic (exact) mass is 401 g/mol. The van der Waals surface area contributed by atoms with E-state index in [4.69, 9.17) is 5.73 Å². The van der Waals surface area contributed by atoms with E-state index in [2.05, 4.69) is 31.9 Å². The second-order valence-corrected chi connectivity index (χ2v) is 6.88. The summed E-state index contributed by atoms with van der Waals surface area (Å²) in [6.45, 7) is 5.80. The van der Waals surface area contributed by atoms with Gasteiger partial charge in [-0.2, -0.15) is 0 Å². The molecule has 0 spiro atoms. The number of phenolic OH excluding ortho intramolecular Hbond substituents is 1. The van der Waals surface area contributed by atoms with Crippen LogP contribution in [-0.4, -0.2) is 16.3 Å². The van der Waals surface area contributed by atoms with E-state index in [1.54, 1.807) is 12.1 Å². The van der Waals surface area contributed by atoms with Gasteiger partial charge in [0.05, 0.1) is 21.1 Å². The number of aromatic hydroxyl groups is 1. The number of nitrogens with two attached hydrogens (primary N) is 1. The quantitative estimate of drug-likeness (QED) is 0.705. The van der Waals surface area contributed by atoms with Gasteiger partial charge >= 0.3 is 0 Å². The van der Waals surface area contributed by atoms with Crippen LogP contribution in [-0.2, 0) is 0 Å². The molecule has 0 radical (unpaired) electrons. The van der Waals surface area contributed by atoms with Crippen LogP contribution in [0.25, 0.3) is 0 Å². The molecule has 1 aromatic carbocycles. The van der Waals surface area contributed by atoms with Gasteiger partial charge in [-0.3, -0.25) is 0 Å². The average molecular weight is 404 g/mol. The van der Waals surface area contributed by atoms with Crippen LogP contribution in [0.15, 0.2) is 21.1 Å². The molecule has 0 saturated carbocycles. The zero-order chi connectivity index (χ0) is 13.4. The van der Waals surface area contributed by atoms with Gasteiger partial charge in [-0.15, -0.1) is 12.4 Å². The summed E-state index contributed by atoms with van der Waals surface area (Å²) in [5.74, 6) is 0.131. The Morgan fingerprint density at radius 3 is 1.89 bits per heavy atom. The van der Waals surface area contributed by atoms with Crippen LogP contribution in [0.2, 0.25) is 0 Å². The predicted molar refractivity (Wildman–Crippen MR) is 83.1 cm³/mol. The lowest BCUT2D eigenvalue weighted by atomic mass is 9.82. The van der Waals surface area contributed by atoms with Gasteiger partial charge in [0, 0.05) is 0 Å². The minimum atomic E-state index is -0.661. The molecular formula is C12H18Br2ClNO2. The zero-order valence-corrected chi connectivity index (χ0v) is 14.4. The summed E-state index contributed by atoms with van der Waals surface area (Å²) in [6.07, 6.45) is -0.661. The van der Waals surface area contributed by atoms with Crippen LogP contribution >= 0.6 is 44.3 Å². The Morgan fingerprint density at radius 2 is 1.56 bits per heavy atom. The largest absolute Gasteiger partial charge is 0.506 e. The van der Waals surface area contributed by atoms with Gasteiger partial charge < -0.3 is 15.9 Å². The van der Waals surface area contributed by atoms with Gasteiger partial charge in [0.1, 0.15) is 5.75 Å². The van der Waals surface area contributed by atoms with E-state index in [-0.39, 0.29) is 23.6 Å². The highest BCUT2D eigenvalue weighted by Gasteiger charge is 2.29. The van der Waals surface area contributed by atoms with Crippen molar-refractivity contribution in [2.45, 2.75) is 32.9 Å². The number of halogens is 3. The van der Waals surface area contributed by atoms with Crippen LogP contribution in [0, 0.1) is 5.41 Å². The zero-order valence-electron chi connectivity index (χ0n) is 10.4. The number of aliphatic hydroxyl groups excluding tert-OH is 1. The van der Waals surface area contributed by atoms with Crippen molar-refractivity contribution >= 4 is 44.3 Å². The van der Waals surface area contributed by atoms with Crippen LogP contribution < -0.4 is 5.73 Å². The minimum absolute atomic E-state index is 0. The van der Waals surface area contributed by atoms with Crippen molar-refractivity contribution < 1.29 is 10.2 Å². The Labute approximate surface area is 130 Å². The van der Waals surface area contributed by atoms with Crippen molar-refractivity contribution in [1.29, 1.82) is 0 Å². The second-order valence-electron chi connectivity index (χ2n) is 5.17. The van der Waals surface area contributed by atoms with E-state index < -0.39 is 12.1 Å². The van der Waals surface area contributed by atoms with Gasteiger partial charge in [-0.25, -0.2) is 0 Å². The molecular weight excluding hydrogens is 385 g/mol. The molecule has 0 aliphatic carbocycles. The summed E-state index contributed by atoms with van der Waals surface area (Å²) in [5.41, 5.74) is 6.51. The smallest absolute Gasteiger partial charge is 0.143 e. The maximum absolute atomic E-state index is 10.1. The lowest BCUT2D eigenvalue weighted by Crippen LogP contribution is -2.36. The molecule has 0 aromatic heterocycles. The number of aliphatic hydroxyl groups is 1. The molecule has 0 aliphatic rings. The Morgan fingerprint density at radius 1 is 1.17 bits per heavy atom. The fourth-order valence-electron chi connectivity index (χ4n) is 1.50. The van der Waals surface area contributed by atoms with Crippen LogP contribution in [0.1, 0.15) is 32.4 Å². The Hall–Kier alpha value is 0.190. The summed E-state index contributed by atoms with van der Waals surface area (Å²) in [6, 6.07) is 2.95. The summed E-state index contributed by atoms with van der Waals surface area (Å²) in [7, 11) is 0. The van der Waals surface area contributed by atoms with Crippen LogP contribution in [0.4, 0.5) is 0 Å². The van der Waals surface area contributed by atoms with Crippen molar-refractivity contribution in [2.24, 2.45) is 11.1 Å². The van der Waals surface area contributed by atoms with Gasteiger partial charge in [-0.05, 0) is 55.0 Å². The van der Waals surface area contributed by atoms with Gasteiger partial charge in [0.15, 0.2) is 0 Å². The van der Waals surface area contributed by atoms with Crippen molar-refractivity contribution in [2.75, 3.05) is 0 Å². The van der Waals surface area contributed by atoms with E-state index in [1.807, 2.05) is 20.8 Å². The van der Waals surface area contributed by atoms with E-state index >= 15 is 0 Å². The lowest BCUT2D eigenvalue weighted by Gasteiger charge is -2.31. The Bertz CT molecular complexity index is 398. The molecule has 1 aromatic rings. The van der Waals surface area contributed by atoms with E-state index in [0.29, 0.717) is 8.95 Å². The maximum atomic E-state index is 10.1. The third-order valence-electron chi connectivity index (χ3n) is 2.65. The molecule has 0 unspecified atom stereocenters. The molecule has 1 rings (SSSR count). The molecule has 2 atom stereocenters. The van der Waals surface area contributed by atoms with Crippen molar-refractivity contribution in [3.05, 3.63) is 26.6 Å². The van der Waals surface area contributed by atoms with Crippen molar-refractivity contribution in [3.63, 3.8) is 0 Å². The first kappa shape index (κ1) is 18.2. The molecule has 0 bridgehead atoms. The first-order valence-electron chi connectivity index (χ1n) is 5.26. The molecule has 0 aliphatic heterocycles. The van der Waals surface area contributed by atoms with Crippen molar-refractivity contribution in [1.82, 2.24) is 0 Å². The molecule has 4 N–H and O–H groups in total. The van der Waals surface area contributed by atoms with Crippen LogP contribution in [0.5, 0.6) is 5.75 Å². The highest BCUT2D eigenvalue weighted by molar-refractivity contribution is 9.11. The second kappa shape index (κ2) is 6.57. The third kappa shape index (κ3) is 4.10. The average Bonchev–Trinajstić information content (AvgIpc) is 2.21. The molecule has 3 nitrogen and oxygen atoms in total. The topological polar surface area (TPSA) is 66.5 Å². The molecule has 0 amide bonds. The van der Waals surface area contributed by atoms with Gasteiger partial charge in [0.2, 0.25) is 0 Å². The standard InChI is InChI=1S/C12H17Br2NO2.ClH/c1-12(2,3)11(17)9(15)6-4-7(13)10(16)8(14)5-6;/h4-5,9,11,16-17H,15H2,1-3H3;1H/t9-,11-;/m1./s1. The van der Waals surface area contributed by atoms with E-state index in [9.17, 15) is 10.2 Å². The normalized spacial score (nSPS) is 14.8. The summed E-state index contributed by atoms with van der Waals surface area (Å²) in [5, 5.41) is 19.8. The molecule has 0 saturated heterocycles. The first-order valence-corrected chi connectivity index (χ1v) is 6.84. The fraction of sp³-hybridized carbons (Fsp3) is 0.500. The highest BCUT2D eigenvalue weighted by Crippen LogP contribution is 2.37. The number of hydrogen-bond acceptors (Lipinski definition) is 3. The van der Waals surface area contributed by atoms with E-state index in [0.717, 1.165) is 5.56 Å². The number of rotatable bonds is 2. The number of benzene rings is 1. The number of phenols is 1. The Balaban J connectivity index is 0.00000289. The molecule has 6 heteroatoms. The Kier molecular flexibility index (Phi) is 6.64. The lowest BCUT2D eigenvalue weighted by molar-refractivity contribution is 0.0400. The third-order valence-corrected chi connectivity index (χ3v) is 3.86. The van der Waals surface area contributed by atoms with Crippen molar-refractivity contribution in [3.8, 4) is 5.75 Å². The van der Waals surface area contributed by atoms with E-state index in [1.165, 1.54) is 0 Å². The summed E-state index contributed by atoms with van der Waals surface area (Å²) >= 11 is 6.50. The molecule has 104 valence electrons. The first-order chi connectivity index (χ1) is 7.64. The van der Waals surface area contributed by atoms with Gasteiger partial charge in [-0.1, -0.05) is 20.8 Å². The fourth-order valence-corrected chi connectivity index (χ4v) is 2.72. The summed E-state index contributed by atoms with van der Waals surface area (Å²) in [4.78, 5) is 0. The molecule has 0 fully saturated rings. The highest BCUT2D eigenvalue weighted by atomic mass is 79.9. The maximum Gasteiger partial charge on any atom is 0.143 e. The van der Waals surface area contributed by atoms with Crippen LogP contribution in [0.3, 0.4) is 0 Å². The summed E-state index contributed by atoms with van der Waals surface area (Å²) < 4.78 is 1.11. The molecule has 18 heavy (non-hydrogen) atoms. The molecule has 0 heterocycles. The predicted octanol–water partition coefficient (Wildman–Crippen LogP) is 3.75. The minimum Gasteiger partial charge on any atom is -0.506 e. The van der Waals surface area contributed by atoms with Gasteiger partial charge in [0.25, 0.3) is 0 Å². The number of hydrogen-bond donors (Lipinski definition) is 3.